The van der Waals surface area contributed by atoms with Crippen molar-refractivity contribution >= 4 is 12.1 Å². The number of hydrogen-bond donors (Lipinski definition) is 2. The lowest BCUT2D eigenvalue weighted by Gasteiger charge is -2.27. The first kappa shape index (κ1) is 20.8. The maximum Gasteiger partial charge on any atom is 0.407 e. The van der Waals surface area contributed by atoms with Crippen LogP contribution in [0.4, 0.5) is 13.6 Å². The molecule has 0 heterocycles. The zero-order valence-corrected chi connectivity index (χ0v) is 16.2. The zero-order valence-electron chi connectivity index (χ0n) is 16.2. The number of benzene rings is 2. The molecule has 7 heteroatoms. The topological polar surface area (TPSA) is 75.6 Å². The van der Waals surface area contributed by atoms with Gasteiger partial charge in [0.2, 0.25) is 6.43 Å². The van der Waals surface area contributed by atoms with Gasteiger partial charge in [0.25, 0.3) is 0 Å². The van der Waals surface area contributed by atoms with Gasteiger partial charge >= 0.3 is 12.1 Å². The molecule has 2 N–H and O–H groups in total. The number of carbonyl (C=O) groups excluding carboxylic acids is 1. The largest absolute Gasteiger partial charge is 0.480 e. The average molecular weight is 403 g/mol. The fourth-order valence-electron chi connectivity index (χ4n) is 3.60. The molecule has 5 nitrogen and oxygen atoms in total. The Morgan fingerprint density at radius 2 is 1.59 bits per heavy atom. The molecule has 1 amide bonds. The molecule has 0 aromatic heterocycles. The van der Waals surface area contributed by atoms with Gasteiger partial charge in [-0.2, -0.15) is 0 Å². The monoisotopic (exact) mass is 403 g/mol. The fraction of sp³-hybridized carbons (Fsp3) is 0.364. The Morgan fingerprint density at radius 1 is 1.07 bits per heavy atom. The predicted molar refractivity (Wildman–Crippen MR) is 104 cm³/mol. The van der Waals surface area contributed by atoms with Crippen LogP contribution >= 0.6 is 0 Å². The summed E-state index contributed by atoms with van der Waals surface area (Å²) in [6.45, 7) is 2.53. The van der Waals surface area contributed by atoms with Gasteiger partial charge in [0.15, 0.2) is 0 Å². The van der Waals surface area contributed by atoms with Gasteiger partial charge in [0.05, 0.1) is 0 Å². The highest BCUT2D eigenvalue weighted by Crippen LogP contribution is 2.44. The lowest BCUT2D eigenvalue weighted by Crippen LogP contribution is -2.45. The van der Waals surface area contributed by atoms with Crippen LogP contribution in [0.15, 0.2) is 48.5 Å². The molecular formula is C22H23F2NO4. The minimum Gasteiger partial charge on any atom is -0.480 e. The summed E-state index contributed by atoms with van der Waals surface area (Å²) in [6.07, 6.45) is -4.07. The summed E-state index contributed by atoms with van der Waals surface area (Å²) in [5.74, 6) is -1.55. The summed E-state index contributed by atoms with van der Waals surface area (Å²) in [6, 6.07) is 14.2. The van der Waals surface area contributed by atoms with E-state index in [1.807, 2.05) is 48.5 Å². The average Bonchev–Trinajstić information content (AvgIpc) is 2.99. The SMILES string of the molecule is CC(C)(C[C@H](NC(=O)OCC1c2ccccc2-c2ccccc21)C(=O)O)C(F)F. The summed E-state index contributed by atoms with van der Waals surface area (Å²) < 4.78 is 31.4. The number of halogens is 2. The van der Waals surface area contributed by atoms with Crippen LogP contribution in [0, 0.1) is 5.41 Å². The maximum atomic E-state index is 13.1. The molecule has 2 aromatic rings. The zero-order chi connectivity index (χ0) is 21.2. The summed E-state index contributed by atoms with van der Waals surface area (Å²) in [5, 5.41) is 11.5. The number of nitrogens with one attached hydrogen (secondary N) is 1. The van der Waals surface area contributed by atoms with E-state index in [1.165, 1.54) is 13.8 Å². The number of carboxylic acid groups (broad SMARTS) is 1. The quantitative estimate of drug-likeness (QED) is 0.705. The number of fused-ring (bicyclic) bond motifs is 3. The van der Waals surface area contributed by atoms with Crippen LogP contribution in [0.2, 0.25) is 0 Å². The third kappa shape index (κ3) is 4.39. The Morgan fingerprint density at radius 3 is 2.07 bits per heavy atom. The van der Waals surface area contributed by atoms with Crippen molar-refractivity contribution in [1.29, 1.82) is 0 Å². The Hall–Kier alpha value is -2.96. The number of alkyl carbamates (subject to hydrolysis) is 1. The first-order valence-electron chi connectivity index (χ1n) is 9.33. The van der Waals surface area contributed by atoms with Crippen LogP contribution in [0.25, 0.3) is 11.1 Å². The van der Waals surface area contributed by atoms with Gasteiger partial charge in [-0.05, 0) is 28.7 Å². The van der Waals surface area contributed by atoms with Crippen LogP contribution in [0.1, 0.15) is 37.3 Å². The van der Waals surface area contributed by atoms with E-state index >= 15 is 0 Å². The van der Waals surface area contributed by atoms with E-state index in [0.29, 0.717) is 0 Å². The van der Waals surface area contributed by atoms with E-state index in [0.717, 1.165) is 22.3 Å². The highest BCUT2D eigenvalue weighted by Gasteiger charge is 2.36. The molecule has 1 aliphatic rings. The molecule has 1 aliphatic carbocycles. The van der Waals surface area contributed by atoms with Crippen LogP contribution in [0.5, 0.6) is 0 Å². The van der Waals surface area contributed by atoms with Crippen LogP contribution in [-0.4, -0.2) is 36.2 Å². The summed E-state index contributed by atoms with van der Waals surface area (Å²) >= 11 is 0. The van der Waals surface area contributed by atoms with Gasteiger partial charge in [0.1, 0.15) is 12.6 Å². The van der Waals surface area contributed by atoms with Crippen molar-refractivity contribution in [1.82, 2.24) is 5.32 Å². The van der Waals surface area contributed by atoms with Gasteiger partial charge in [-0.25, -0.2) is 18.4 Å². The van der Waals surface area contributed by atoms with Gasteiger partial charge in [-0.1, -0.05) is 62.4 Å². The standard InChI is InChI=1S/C22H23F2NO4/c1-22(2,20(23)24)11-18(19(26)27)25-21(28)29-12-17-15-9-5-3-7-13(15)14-8-4-6-10-16(14)17/h3-10,17-18,20H,11-12H2,1-2H3,(H,25,28)(H,26,27)/t18-/m0/s1. The van der Waals surface area contributed by atoms with Crippen molar-refractivity contribution in [2.75, 3.05) is 6.61 Å². The second-order valence-electron chi connectivity index (χ2n) is 7.85. The molecule has 3 rings (SSSR count). The molecule has 0 saturated carbocycles. The number of aliphatic carboxylic acids is 1. The predicted octanol–water partition coefficient (Wildman–Crippen LogP) is 4.66. The van der Waals surface area contributed by atoms with Gasteiger partial charge < -0.3 is 15.2 Å². The number of amides is 1. The van der Waals surface area contributed by atoms with Crippen molar-refractivity contribution in [3.8, 4) is 11.1 Å². The third-order valence-electron chi connectivity index (χ3n) is 5.25. The highest BCUT2D eigenvalue weighted by atomic mass is 19.3. The highest BCUT2D eigenvalue weighted by molar-refractivity contribution is 5.81. The molecule has 0 radical (unpaired) electrons. The molecule has 29 heavy (non-hydrogen) atoms. The van der Waals surface area contributed by atoms with E-state index in [4.69, 9.17) is 4.74 Å². The number of alkyl halides is 2. The van der Waals surface area contributed by atoms with Crippen molar-refractivity contribution in [3.05, 3.63) is 59.7 Å². The summed E-state index contributed by atoms with van der Waals surface area (Å²) in [5.41, 5.74) is 2.63. The van der Waals surface area contributed by atoms with Crippen molar-refractivity contribution in [3.63, 3.8) is 0 Å². The van der Waals surface area contributed by atoms with Gasteiger partial charge in [-0.3, -0.25) is 0 Å². The van der Waals surface area contributed by atoms with E-state index in [9.17, 15) is 23.5 Å². The normalized spacial score (nSPS) is 14.2. The maximum absolute atomic E-state index is 13.1. The third-order valence-corrected chi connectivity index (χ3v) is 5.25. The molecule has 0 bridgehead atoms. The van der Waals surface area contributed by atoms with Crippen molar-refractivity contribution in [2.45, 2.75) is 38.7 Å². The number of carbonyl (C=O) groups is 2. The Balaban J connectivity index is 1.68. The fourth-order valence-corrected chi connectivity index (χ4v) is 3.60. The van der Waals surface area contributed by atoms with E-state index < -0.39 is 36.4 Å². The second kappa shape index (κ2) is 8.19. The lowest BCUT2D eigenvalue weighted by molar-refractivity contribution is -0.141. The Bertz CT molecular complexity index is 868. The molecule has 0 saturated heterocycles. The second-order valence-corrected chi connectivity index (χ2v) is 7.85. The minimum absolute atomic E-state index is 0.0183. The van der Waals surface area contributed by atoms with Crippen LogP contribution in [0.3, 0.4) is 0 Å². The number of hydrogen-bond acceptors (Lipinski definition) is 3. The van der Waals surface area contributed by atoms with Crippen molar-refractivity contribution in [2.24, 2.45) is 5.41 Å². The van der Waals surface area contributed by atoms with Crippen LogP contribution < -0.4 is 5.32 Å². The lowest BCUT2D eigenvalue weighted by atomic mass is 9.86. The molecule has 2 aromatic carbocycles. The molecule has 0 spiro atoms. The van der Waals surface area contributed by atoms with E-state index in [2.05, 4.69) is 5.32 Å². The molecule has 154 valence electrons. The molecule has 0 fully saturated rings. The van der Waals surface area contributed by atoms with Gasteiger partial charge in [-0.15, -0.1) is 0 Å². The smallest absolute Gasteiger partial charge is 0.407 e. The van der Waals surface area contributed by atoms with E-state index in [-0.39, 0.29) is 12.5 Å². The summed E-state index contributed by atoms with van der Waals surface area (Å²) in [4.78, 5) is 23.6. The summed E-state index contributed by atoms with van der Waals surface area (Å²) in [7, 11) is 0. The molecule has 1 atom stereocenters. The minimum atomic E-state index is -2.71. The van der Waals surface area contributed by atoms with E-state index in [1.54, 1.807) is 0 Å². The number of ether oxygens (including phenoxy) is 1. The number of carboxylic acids is 1. The Kier molecular flexibility index (Phi) is 5.86. The molecule has 0 unspecified atom stereocenters. The van der Waals surface area contributed by atoms with Crippen molar-refractivity contribution < 1.29 is 28.2 Å². The number of rotatable bonds is 7. The van der Waals surface area contributed by atoms with Gasteiger partial charge in [0, 0.05) is 11.3 Å². The first-order valence-corrected chi connectivity index (χ1v) is 9.33. The Labute approximate surface area is 167 Å². The molecular weight excluding hydrogens is 380 g/mol. The molecule has 0 aliphatic heterocycles. The van der Waals surface area contributed by atoms with Crippen LogP contribution in [-0.2, 0) is 9.53 Å². The first-order chi connectivity index (χ1) is 13.7.